The summed E-state index contributed by atoms with van der Waals surface area (Å²) in [5, 5.41) is 12.3. The van der Waals surface area contributed by atoms with E-state index in [0.29, 0.717) is 26.0 Å². The maximum atomic E-state index is 11.8. The maximum Gasteiger partial charge on any atom is 0.220 e. The molecule has 106 valence electrons. The van der Waals surface area contributed by atoms with E-state index >= 15 is 0 Å². The first-order valence-electron chi connectivity index (χ1n) is 6.99. The molecule has 1 unspecified atom stereocenters. The van der Waals surface area contributed by atoms with E-state index < -0.39 is 6.10 Å². The van der Waals surface area contributed by atoms with E-state index in [1.165, 1.54) is 19.3 Å². The van der Waals surface area contributed by atoms with Crippen molar-refractivity contribution < 1.29 is 14.6 Å². The predicted molar refractivity (Wildman–Crippen MR) is 71.3 cm³/mol. The minimum absolute atomic E-state index is 0.115. The summed E-state index contributed by atoms with van der Waals surface area (Å²) in [5.41, 5.74) is 0.188. The van der Waals surface area contributed by atoms with Gasteiger partial charge in [0.2, 0.25) is 5.91 Å². The van der Waals surface area contributed by atoms with Crippen LogP contribution in [0, 0.1) is 5.41 Å². The second kappa shape index (κ2) is 7.74. The van der Waals surface area contributed by atoms with E-state index in [1.807, 2.05) is 0 Å². The number of methoxy groups -OCH3 is 1. The Morgan fingerprint density at radius 1 is 1.39 bits per heavy atom. The quantitative estimate of drug-likeness (QED) is 0.732. The van der Waals surface area contributed by atoms with Gasteiger partial charge in [0.25, 0.3) is 0 Å². The summed E-state index contributed by atoms with van der Waals surface area (Å²) < 4.78 is 4.84. The number of aliphatic hydroxyl groups is 1. The second-order valence-electron chi connectivity index (χ2n) is 5.80. The molecule has 0 bridgehead atoms. The highest BCUT2D eigenvalue weighted by Gasteiger charge is 2.29. The smallest absolute Gasteiger partial charge is 0.220 e. The fourth-order valence-corrected chi connectivity index (χ4v) is 2.69. The van der Waals surface area contributed by atoms with Gasteiger partial charge < -0.3 is 15.2 Å². The summed E-state index contributed by atoms with van der Waals surface area (Å²) in [6.45, 7) is 3.07. The topological polar surface area (TPSA) is 58.6 Å². The largest absolute Gasteiger partial charge is 0.391 e. The summed E-state index contributed by atoms with van der Waals surface area (Å²) in [6.07, 6.45) is 6.80. The average molecular weight is 257 g/mol. The van der Waals surface area contributed by atoms with Gasteiger partial charge in [-0.1, -0.05) is 26.2 Å². The minimum atomic E-state index is -0.486. The van der Waals surface area contributed by atoms with Gasteiger partial charge in [0.15, 0.2) is 0 Å². The van der Waals surface area contributed by atoms with Crippen molar-refractivity contribution in [1.82, 2.24) is 5.32 Å². The summed E-state index contributed by atoms with van der Waals surface area (Å²) in [4.78, 5) is 11.8. The molecule has 1 saturated carbocycles. The van der Waals surface area contributed by atoms with Crippen LogP contribution < -0.4 is 5.32 Å². The van der Waals surface area contributed by atoms with Crippen LogP contribution in [-0.2, 0) is 9.53 Å². The van der Waals surface area contributed by atoms with Crippen LogP contribution in [0.15, 0.2) is 0 Å². The molecule has 0 aromatic heterocycles. The van der Waals surface area contributed by atoms with E-state index in [4.69, 9.17) is 4.74 Å². The van der Waals surface area contributed by atoms with Gasteiger partial charge in [-0.25, -0.2) is 0 Å². The molecule has 0 heterocycles. The van der Waals surface area contributed by atoms with Crippen molar-refractivity contribution in [2.75, 3.05) is 20.3 Å². The van der Waals surface area contributed by atoms with Crippen molar-refractivity contribution in [1.29, 1.82) is 0 Å². The first kappa shape index (κ1) is 15.4. The van der Waals surface area contributed by atoms with Gasteiger partial charge in [0.05, 0.1) is 12.7 Å². The zero-order chi connectivity index (χ0) is 13.4. The Kier molecular flexibility index (Phi) is 6.65. The maximum absolute atomic E-state index is 11.8. The molecule has 1 fully saturated rings. The Balaban J connectivity index is 2.16. The number of carbonyl (C=O) groups excluding carboxylic acids is 1. The van der Waals surface area contributed by atoms with Crippen molar-refractivity contribution in [2.24, 2.45) is 5.41 Å². The van der Waals surface area contributed by atoms with E-state index in [2.05, 4.69) is 12.2 Å². The van der Waals surface area contributed by atoms with E-state index in [-0.39, 0.29) is 11.3 Å². The third kappa shape index (κ3) is 5.83. The molecule has 0 aromatic rings. The lowest BCUT2D eigenvalue weighted by atomic mass is 9.73. The fraction of sp³-hybridized carbons (Fsp3) is 0.929. The molecule has 4 heteroatoms. The van der Waals surface area contributed by atoms with Gasteiger partial charge in [-0.3, -0.25) is 4.79 Å². The molecule has 4 nitrogen and oxygen atoms in total. The van der Waals surface area contributed by atoms with Gasteiger partial charge in [-0.15, -0.1) is 0 Å². The van der Waals surface area contributed by atoms with Crippen LogP contribution in [0.2, 0.25) is 0 Å². The Labute approximate surface area is 110 Å². The van der Waals surface area contributed by atoms with Crippen LogP contribution in [0.3, 0.4) is 0 Å². The highest BCUT2D eigenvalue weighted by molar-refractivity contribution is 5.76. The molecule has 1 aliphatic carbocycles. The molecule has 1 atom stereocenters. The molecule has 0 spiro atoms. The highest BCUT2D eigenvalue weighted by atomic mass is 16.5. The first-order chi connectivity index (χ1) is 8.56. The molecule has 2 N–H and O–H groups in total. The van der Waals surface area contributed by atoms with Gasteiger partial charge in [0, 0.05) is 20.1 Å². The predicted octanol–water partition coefficient (Wildman–Crippen LogP) is 1.86. The van der Waals surface area contributed by atoms with Gasteiger partial charge in [-0.2, -0.15) is 0 Å². The SMILES string of the molecule is COCC(O)CCNC(=O)CC1(C)CCCCC1. The number of hydrogen-bond donors (Lipinski definition) is 2. The number of aliphatic hydroxyl groups excluding tert-OH is 1. The minimum Gasteiger partial charge on any atom is -0.391 e. The van der Waals surface area contributed by atoms with Crippen LogP contribution in [0.4, 0.5) is 0 Å². The number of hydrogen-bond acceptors (Lipinski definition) is 3. The molecule has 0 radical (unpaired) electrons. The molecular weight excluding hydrogens is 230 g/mol. The number of nitrogens with one attached hydrogen (secondary N) is 1. The zero-order valence-electron chi connectivity index (χ0n) is 11.7. The van der Waals surface area contributed by atoms with Gasteiger partial charge >= 0.3 is 0 Å². The van der Waals surface area contributed by atoms with Crippen LogP contribution in [0.25, 0.3) is 0 Å². The molecule has 0 aliphatic heterocycles. The molecule has 0 saturated heterocycles. The van der Waals surface area contributed by atoms with Crippen LogP contribution in [-0.4, -0.2) is 37.4 Å². The van der Waals surface area contributed by atoms with E-state index in [1.54, 1.807) is 7.11 Å². The van der Waals surface area contributed by atoms with Crippen molar-refractivity contribution in [3.05, 3.63) is 0 Å². The number of ether oxygens (including phenoxy) is 1. The summed E-state index contributed by atoms with van der Waals surface area (Å²) in [5.74, 6) is 0.115. The van der Waals surface area contributed by atoms with Crippen molar-refractivity contribution in [3.63, 3.8) is 0 Å². The van der Waals surface area contributed by atoms with Crippen LogP contribution in [0.5, 0.6) is 0 Å². The summed E-state index contributed by atoms with van der Waals surface area (Å²) >= 11 is 0. The molecule has 1 aliphatic rings. The lowest BCUT2D eigenvalue weighted by molar-refractivity contribution is -0.123. The molecule has 0 aromatic carbocycles. The van der Waals surface area contributed by atoms with Crippen LogP contribution in [0.1, 0.15) is 51.9 Å². The first-order valence-corrected chi connectivity index (χ1v) is 6.99. The third-order valence-corrected chi connectivity index (χ3v) is 3.81. The van der Waals surface area contributed by atoms with Crippen LogP contribution >= 0.6 is 0 Å². The van der Waals surface area contributed by atoms with Crippen molar-refractivity contribution in [3.8, 4) is 0 Å². The zero-order valence-corrected chi connectivity index (χ0v) is 11.7. The number of amides is 1. The number of carbonyl (C=O) groups is 1. The Morgan fingerprint density at radius 3 is 2.67 bits per heavy atom. The Morgan fingerprint density at radius 2 is 2.06 bits per heavy atom. The summed E-state index contributed by atoms with van der Waals surface area (Å²) in [6, 6.07) is 0. The average Bonchev–Trinajstić information content (AvgIpc) is 2.29. The van der Waals surface area contributed by atoms with Gasteiger partial charge in [0.1, 0.15) is 0 Å². The fourth-order valence-electron chi connectivity index (χ4n) is 2.69. The summed E-state index contributed by atoms with van der Waals surface area (Å²) in [7, 11) is 1.56. The Hall–Kier alpha value is -0.610. The molecule has 1 amide bonds. The van der Waals surface area contributed by atoms with Gasteiger partial charge in [-0.05, 0) is 24.7 Å². The molecular formula is C14H27NO3. The Bertz CT molecular complexity index is 249. The molecule has 18 heavy (non-hydrogen) atoms. The van der Waals surface area contributed by atoms with E-state index in [9.17, 15) is 9.90 Å². The second-order valence-corrected chi connectivity index (χ2v) is 5.80. The monoisotopic (exact) mass is 257 g/mol. The molecule has 1 rings (SSSR count). The lowest BCUT2D eigenvalue weighted by Gasteiger charge is -2.32. The van der Waals surface area contributed by atoms with E-state index in [0.717, 1.165) is 12.8 Å². The third-order valence-electron chi connectivity index (χ3n) is 3.81. The van der Waals surface area contributed by atoms with Crippen molar-refractivity contribution in [2.45, 2.75) is 58.0 Å². The standard InChI is InChI=1S/C14H27NO3/c1-14(7-4-3-5-8-14)10-13(17)15-9-6-12(16)11-18-2/h12,16H,3-11H2,1-2H3,(H,15,17). The van der Waals surface area contributed by atoms with Crippen molar-refractivity contribution >= 4 is 5.91 Å². The normalized spacial score (nSPS) is 20.4. The number of rotatable bonds is 7. The highest BCUT2D eigenvalue weighted by Crippen LogP contribution is 2.38. The lowest BCUT2D eigenvalue weighted by Crippen LogP contribution is -2.33.